The topological polar surface area (TPSA) is 68.0 Å². The van der Waals surface area contributed by atoms with Crippen molar-refractivity contribution < 1.29 is 4.79 Å². The second kappa shape index (κ2) is 5.77. The Bertz CT molecular complexity index is 654. The molecule has 0 aliphatic rings. The molecule has 1 heterocycles. The zero-order valence-electron chi connectivity index (χ0n) is 9.94. The molecule has 0 fully saturated rings. The van der Waals surface area contributed by atoms with Crippen molar-refractivity contribution in [3.05, 3.63) is 44.3 Å². The Kier molecular flexibility index (Phi) is 4.28. The number of benzene rings is 1. The molecule has 1 aromatic carbocycles. The highest BCUT2D eigenvalue weighted by Crippen LogP contribution is 2.22. The quantitative estimate of drug-likeness (QED) is 0.830. The number of nitrogens with two attached hydrogens (primary N) is 1. The van der Waals surface area contributed by atoms with Crippen LogP contribution in [0.2, 0.25) is 0 Å². The summed E-state index contributed by atoms with van der Waals surface area (Å²) in [5, 5.41) is 5.32. The zero-order chi connectivity index (χ0) is 14.0. The van der Waals surface area contributed by atoms with E-state index in [9.17, 15) is 4.79 Å². The molecule has 19 heavy (non-hydrogen) atoms. The lowest BCUT2D eigenvalue weighted by molar-refractivity contribution is 0.102. The van der Waals surface area contributed by atoms with E-state index in [0.29, 0.717) is 16.9 Å². The molecule has 0 saturated carbocycles. The Morgan fingerprint density at radius 2 is 2.26 bits per heavy atom. The molecule has 2 aromatic rings. The number of amides is 1. The molecule has 0 saturated heterocycles. The first kappa shape index (κ1) is 14.1. The predicted molar refractivity (Wildman–Crippen MR) is 84.8 cm³/mol. The van der Waals surface area contributed by atoms with Crippen molar-refractivity contribution >= 4 is 56.1 Å². The smallest absolute Gasteiger partial charge is 0.275 e. The van der Waals surface area contributed by atoms with Crippen LogP contribution in [0.3, 0.4) is 0 Å². The number of halogens is 1. The summed E-state index contributed by atoms with van der Waals surface area (Å²) in [6.45, 7) is 1.85. The van der Waals surface area contributed by atoms with Gasteiger partial charge in [0.05, 0.1) is 10.7 Å². The number of aryl methyl sites for hydroxylation is 1. The van der Waals surface area contributed by atoms with E-state index in [1.165, 1.54) is 11.3 Å². The average molecular weight is 356 g/mol. The van der Waals surface area contributed by atoms with E-state index < -0.39 is 0 Å². The van der Waals surface area contributed by atoms with Crippen LogP contribution in [0, 0.1) is 6.92 Å². The standard InChI is InChI=1S/C12H10BrN3OS2/c1-6-15-10(5-19-6)12(17)16-9-3-2-7(13)4-8(9)11(14)18/h2-5H,1H3,(H2,14,18)(H,16,17). The molecule has 3 N–H and O–H groups in total. The fraction of sp³-hybridized carbons (Fsp3) is 0.0833. The summed E-state index contributed by atoms with van der Waals surface area (Å²) in [7, 11) is 0. The molecule has 0 unspecified atom stereocenters. The molecule has 0 bridgehead atoms. The van der Waals surface area contributed by atoms with Gasteiger partial charge in [0.25, 0.3) is 5.91 Å². The van der Waals surface area contributed by atoms with Gasteiger partial charge in [0.2, 0.25) is 0 Å². The van der Waals surface area contributed by atoms with Gasteiger partial charge in [-0.15, -0.1) is 11.3 Å². The van der Waals surface area contributed by atoms with Gasteiger partial charge in [0.15, 0.2) is 0 Å². The van der Waals surface area contributed by atoms with Gasteiger partial charge in [-0.1, -0.05) is 28.1 Å². The lowest BCUT2D eigenvalue weighted by Crippen LogP contribution is -2.18. The first-order valence-electron chi connectivity index (χ1n) is 5.30. The molecule has 0 aliphatic carbocycles. The third kappa shape index (κ3) is 3.37. The number of carbonyl (C=O) groups excluding carboxylic acids is 1. The number of anilines is 1. The highest BCUT2D eigenvalue weighted by atomic mass is 79.9. The van der Waals surface area contributed by atoms with Gasteiger partial charge >= 0.3 is 0 Å². The maximum absolute atomic E-state index is 12.0. The Hall–Kier alpha value is -1.31. The Labute approximate surface area is 128 Å². The first-order chi connectivity index (χ1) is 8.97. The molecule has 4 nitrogen and oxygen atoms in total. The zero-order valence-corrected chi connectivity index (χ0v) is 13.2. The molecule has 0 radical (unpaired) electrons. The summed E-state index contributed by atoms with van der Waals surface area (Å²) >= 11 is 9.74. The van der Waals surface area contributed by atoms with Gasteiger partial charge in [-0.25, -0.2) is 4.98 Å². The van der Waals surface area contributed by atoms with Crippen LogP contribution < -0.4 is 11.1 Å². The maximum Gasteiger partial charge on any atom is 0.275 e. The molecule has 0 atom stereocenters. The third-order valence-electron chi connectivity index (χ3n) is 2.35. The number of nitrogens with one attached hydrogen (secondary N) is 1. The molecule has 0 aliphatic heterocycles. The molecule has 7 heteroatoms. The van der Waals surface area contributed by atoms with Crippen LogP contribution in [-0.4, -0.2) is 15.9 Å². The summed E-state index contributed by atoms with van der Waals surface area (Å²) in [4.78, 5) is 16.4. The summed E-state index contributed by atoms with van der Waals surface area (Å²) < 4.78 is 0.845. The van der Waals surface area contributed by atoms with E-state index in [2.05, 4.69) is 26.2 Å². The lowest BCUT2D eigenvalue weighted by Gasteiger charge is -2.09. The van der Waals surface area contributed by atoms with E-state index in [0.717, 1.165) is 9.48 Å². The van der Waals surface area contributed by atoms with Crippen molar-refractivity contribution in [2.45, 2.75) is 6.92 Å². The van der Waals surface area contributed by atoms with Gasteiger partial charge in [-0.3, -0.25) is 4.79 Å². The number of hydrogen-bond acceptors (Lipinski definition) is 4. The number of hydrogen-bond donors (Lipinski definition) is 2. The number of thiazole rings is 1. The molecular formula is C12H10BrN3OS2. The first-order valence-corrected chi connectivity index (χ1v) is 7.38. The second-order valence-corrected chi connectivity index (χ2v) is 6.18. The van der Waals surface area contributed by atoms with Gasteiger partial charge in [-0.05, 0) is 25.1 Å². The number of rotatable bonds is 3. The van der Waals surface area contributed by atoms with Gasteiger partial charge < -0.3 is 11.1 Å². The van der Waals surface area contributed by atoms with Crippen molar-refractivity contribution in [2.24, 2.45) is 5.73 Å². The second-order valence-electron chi connectivity index (χ2n) is 3.76. The van der Waals surface area contributed by atoms with Gasteiger partial charge in [0.1, 0.15) is 10.7 Å². The van der Waals surface area contributed by atoms with Crippen molar-refractivity contribution in [1.29, 1.82) is 0 Å². The summed E-state index contributed by atoms with van der Waals surface area (Å²) in [5.74, 6) is -0.274. The van der Waals surface area contributed by atoms with Gasteiger partial charge in [0, 0.05) is 15.4 Å². The lowest BCUT2D eigenvalue weighted by atomic mass is 10.1. The predicted octanol–water partition coefficient (Wildman–Crippen LogP) is 3.10. The van der Waals surface area contributed by atoms with Crippen molar-refractivity contribution in [3.8, 4) is 0 Å². The fourth-order valence-electron chi connectivity index (χ4n) is 1.48. The normalized spacial score (nSPS) is 10.2. The highest BCUT2D eigenvalue weighted by Gasteiger charge is 2.13. The van der Waals surface area contributed by atoms with Crippen LogP contribution in [-0.2, 0) is 0 Å². The van der Waals surface area contributed by atoms with Crippen LogP contribution in [0.4, 0.5) is 5.69 Å². The van der Waals surface area contributed by atoms with E-state index in [4.69, 9.17) is 18.0 Å². The van der Waals surface area contributed by atoms with E-state index in [-0.39, 0.29) is 10.9 Å². The average Bonchev–Trinajstić information content (AvgIpc) is 2.78. The molecular weight excluding hydrogens is 346 g/mol. The van der Waals surface area contributed by atoms with Crippen molar-refractivity contribution in [2.75, 3.05) is 5.32 Å². The largest absolute Gasteiger partial charge is 0.389 e. The van der Waals surface area contributed by atoms with Gasteiger partial charge in [-0.2, -0.15) is 0 Å². The minimum absolute atomic E-state index is 0.228. The maximum atomic E-state index is 12.0. The molecule has 1 aromatic heterocycles. The van der Waals surface area contributed by atoms with Crippen LogP contribution in [0.15, 0.2) is 28.1 Å². The van der Waals surface area contributed by atoms with Crippen LogP contribution >= 0.6 is 39.5 Å². The summed E-state index contributed by atoms with van der Waals surface area (Å²) in [5.41, 5.74) is 7.23. The minimum atomic E-state index is -0.274. The minimum Gasteiger partial charge on any atom is -0.389 e. The summed E-state index contributed by atoms with van der Waals surface area (Å²) in [6.07, 6.45) is 0. The van der Waals surface area contributed by atoms with E-state index in [1.54, 1.807) is 17.5 Å². The molecule has 1 amide bonds. The van der Waals surface area contributed by atoms with E-state index in [1.807, 2.05) is 13.0 Å². The number of thiocarbonyl (C=S) groups is 1. The van der Waals surface area contributed by atoms with Crippen LogP contribution in [0.25, 0.3) is 0 Å². The van der Waals surface area contributed by atoms with E-state index >= 15 is 0 Å². The Morgan fingerprint density at radius 1 is 1.53 bits per heavy atom. The number of nitrogens with zero attached hydrogens (tertiary/aromatic N) is 1. The number of carbonyl (C=O) groups is 1. The van der Waals surface area contributed by atoms with Crippen molar-refractivity contribution in [1.82, 2.24) is 4.98 Å². The number of aromatic nitrogens is 1. The van der Waals surface area contributed by atoms with Crippen LogP contribution in [0.5, 0.6) is 0 Å². The molecule has 0 spiro atoms. The van der Waals surface area contributed by atoms with Crippen molar-refractivity contribution in [3.63, 3.8) is 0 Å². The fourth-order valence-corrected chi connectivity index (χ4v) is 2.61. The highest BCUT2D eigenvalue weighted by molar-refractivity contribution is 9.10. The summed E-state index contributed by atoms with van der Waals surface area (Å²) in [6, 6.07) is 5.32. The monoisotopic (exact) mass is 355 g/mol. The Balaban J connectivity index is 2.28. The Morgan fingerprint density at radius 3 is 2.84 bits per heavy atom. The SMILES string of the molecule is Cc1nc(C(=O)Nc2ccc(Br)cc2C(N)=S)cs1. The molecule has 2 rings (SSSR count). The third-order valence-corrected chi connectivity index (χ3v) is 3.83. The molecule has 98 valence electrons. The van der Waals surface area contributed by atoms with Crippen LogP contribution in [0.1, 0.15) is 21.1 Å².